The van der Waals surface area contributed by atoms with Crippen molar-refractivity contribution in [2.24, 2.45) is 0 Å². The van der Waals surface area contributed by atoms with Crippen LogP contribution in [0.5, 0.6) is 5.75 Å². The number of thiol groups is 1. The molecule has 1 aromatic carbocycles. The minimum Gasteiger partial charge on any atom is -0.494 e. The molecule has 10 heteroatoms. The van der Waals surface area contributed by atoms with Crippen molar-refractivity contribution >= 4 is 36.0 Å². The van der Waals surface area contributed by atoms with E-state index in [2.05, 4.69) is 39.7 Å². The van der Waals surface area contributed by atoms with E-state index in [0.29, 0.717) is 24.3 Å². The number of fused-ring (bicyclic) bond motifs is 1. The summed E-state index contributed by atoms with van der Waals surface area (Å²) >= 11 is 3.86. The average Bonchev–Trinajstić information content (AvgIpc) is 3.59. The van der Waals surface area contributed by atoms with Crippen LogP contribution in [-0.2, 0) is 27.3 Å². The fourth-order valence-electron chi connectivity index (χ4n) is 4.48. The molecule has 1 aliphatic rings. The van der Waals surface area contributed by atoms with Gasteiger partial charge in [-0.1, -0.05) is 25.8 Å². The van der Waals surface area contributed by atoms with E-state index < -0.39 is 0 Å². The summed E-state index contributed by atoms with van der Waals surface area (Å²) in [4.78, 5) is 47.9. The number of unbranched alkanes of at least 4 members (excludes halogenated alkanes) is 4. The van der Waals surface area contributed by atoms with Crippen LogP contribution in [0, 0.1) is 0 Å². The number of hydrogen-bond donors (Lipinski definition) is 4. The molecule has 0 spiro atoms. The predicted molar refractivity (Wildman–Crippen MR) is 158 cm³/mol. The van der Waals surface area contributed by atoms with E-state index in [1.54, 1.807) is 0 Å². The highest BCUT2D eigenvalue weighted by molar-refractivity contribution is 7.81. The second kappa shape index (κ2) is 16.5. The fourth-order valence-corrected chi connectivity index (χ4v) is 4.59. The van der Waals surface area contributed by atoms with Gasteiger partial charge < -0.3 is 25.3 Å². The number of rotatable bonds is 19. The van der Waals surface area contributed by atoms with Crippen molar-refractivity contribution < 1.29 is 23.9 Å². The summed E-state index contributed by atoms with van der Waals surface area (Å²) in [6.07, 6.45) is 7.23. The number of nitrogens with one attached hydrogen (secondary N) is 3. The number of carbonyl (C=O) groups excluding carboxylic acids is 4. The average molecular weight is 569 g/mol. The number of carbonyl (C=O) groups is 4. The highest BCUT2D eigenvalue weighted by Gasteiger charge is 2.19. The summed E-state index contributed by atoms with van der Waals surface area (Å²) < 4.78 is 7.95. The number of aryl methyl sites for hydroxylation is 1. The first-order chi connectivity index (χ1) is 19.4. The Morgan fingerprint density at radius 2 is 1.57 bits per heavy atom. The third-order valence-corrected chi connectivity index (χ3v) is 7.01. The first-order valence-corrected chi connectivity index (χ1v) is 14.5. The molecule has 1 aromatic heterocycles. The quantitative estimate of drug-likeness (QED) is 0.117. The lowest BCUT2D eigenvalue weighted by molar-refractivity contribution is -0.124. The van der Waals surface area contributed by atoms with Gasteiger partial charge in [0.2, 0.25) is 17.6 Å². The molecule has 40 heavy (non-hydrogen) atoms. The van der Waals surface area contributed by atoms with Crippen molar-refractivity contribution in [1.29, 1.82) is 0 Å². The Morgan fingerprint density at radius 3 is 2.35 bits per heavy atom. The number of ether oxygens (including phenoxy) is 1. The predicted octanol–water partition coefficient (Wildman–Crippen LogP) is 3.22. The van der Waals surface area contributed by atoms with Gasteiger partial charge in [-0.3, -0.25) is 19.2 Å². The second-order valence-electron chi connectivity index (χ2n) is 9.89. The zero-order valence-corrected chi connectivity index (χ0v) is 23.9. The van der Waals surface area contributed by atoms with Crippen LogP contribution in [0.3, 0.4) is 0 Å². The number of hydrogen-bond acceptors (Lipinski definition) is 7. The molecule has 1 aliphatic heterocycles. The maximum Gasteiger partial charge on any atom is 0.239 e. The van der Waals surface area contributed by atoms with Gasteiger partial charge in [0.05, 0.1) is 37.7 Å². The van der Waals surface area contributed by atoms with Gasteiger partial charge in [0.25, 0.3) is 0 Å². The zero-order valence-electron chi connectivity index (χ0n) is 23.0. The van der Waals surface area contributed by atoms with E-state index in [4.69, 9.17) is 4.74 Å². The van der Waals surface area contributed by atoms with Crippen LogP contribution in [0.25, 0.3) is 0 Å². The Bertz CT molecular complexity index is 1180. The van der Waals surface area contributed by atoms with Gasteiger partial charge in [-0.15, -0.1) is 0 Å². The van der Waals surface area contributed by atoms with Crippen molar-refractivity contribution in [1.82, 2.24) is 20.5 Å². The van der Waals surface area contributed by atoms with E-state index in [0.717, 1.165) is 62.9 Å². The molecular formula is C30H40N4O5S. The van der Waals surface area contributed by atoms with Crippen LogP contribution in [0.15, 0.2) is 48.7 Å². The van der Waals surface area contributed by atoms with Crippen LogP contribution >= 0.6 is 12.6 Å². The van der Waals surface area contributed by atoms with Gasteiger partial charge in [-0.25, -0.2) is 0 Å². The van der Waals surface area contributed by atoms with Crippen LogP contribution < -0.4 is 20.7 Å². The summed E-state index contributed by atoms with van der Waals surface area (Å²) in [5.74, 6) is 0.361. The van der Waals surface area contributed by atoms with Crippen molar-refractivity contribution in [3.63, 3.8) is 0 Å². The van der Waals surface area contributed by atoms with Gasteiger partial charge in [-0.05, 0) is 62.1 Å². The molecule has 0 atom stereocenters. The van der Waals surface area contributed by atoms with E-state index >= 15 is 0 Å². The smallest absolute Gasteiger partial charge is 0.239 e. The maximum absolute atomic E-state index is 12.8. The van der Waals surface area contributed by atoms with Gasteiger partial charge in [-0.2, -0.15) is 12.6 Å². The normalized spacial score (nSPS) is 11.9. The summed E-state index contributed by atoms with van der Waals surface area (Å²) in [6, 6.07) is 11.3. The number of nitrogens with zero attached hydrogens (tertiary/aromatic N) is 1. The Labute approximate surface area is 241 Å². The summed E-state index contributed by atoms with van der Waals surface area (Å²) in [7, 11) is 0. The first-order valence-electron chi connectivity index (χ1n) is 13.9. The van der Waals surface area contributed by atoms with Gasteiger partial charge in [0.1, 0.15) is 5.75 Å². The van der Waals surface area contributed by atoms with Crippen molar-refractivity contribution in [2.75, 3.05) is 32.0 Å². The largest absolute Gasteiger partial charge is 0.494 e. The molecule has 9 nitrogen and oxygen atoms in total. The lowest BCUT2D eigenvalue weighted by Gasteiger charge is -2.10. The molecule has 2 aromatic rings. The molecule has 2 heterocycles. The second-order valence-corrected chi connectivity index (χ2v) is 10.2. The molecule has 3 N–H and O–H groups in total. The van der Waals surface area contributed by atoms with E-state index in [1.807, 2.05) is 36.4 Å². The molecule has 0 aliphatic carbocycles. The standard InChI is InChI=1S/C30H40N4O5S/c1-22(18-32-29(37)21-40)31-20-28(36)33-19-25(35)9-5-3-2-4-6-17-39-26-13-10-23(11-14-26)30(38)27-15-12-24-8-7-16-34(24)27/h10-15,31,40H,1-9,16-21H2,(H,32,37)(H,33,36). The minimum atomic E-state index is -0.305. The maximum atomic E-state index is 12.8. The Hall–Kier alpha value is -3.53. The third-order valence-electron chi connectivity index (χ3n) is 6.73. The molecule has 2 amide bonds. The third kappa shape index (κ3) is 10.2. The molecule has 0 saturated carbocycles. The molecule has 3 rings (SSSR count). The van der Waals surface area contributed by atoms with Crippen molar-refractivity contribution in [2.45, 2.75) is 57.9 Å². The number of Topliss-reactive ketones (excluding diaryl/α,β-unsaturated/α-hetero) is 1. The minimum absolute atomic E-state index is 0.000152. The molecule has 0 radical (unpaired) electrons. The number of aromatic nitrogens is 1. The summed E-state index contributed by atoms with van der Waals surface area (Å²) in [5.41, 5.74) is 3.17. The van der Waals surface area contributed by atoms with Crippen LogP contribution in [0.2, 0.25) is 0 Å². The van der Waals surface area contributed by atoms with Crippen LogP contribution in [0.4, 0.5) is 0 Å². The Balaban J connectivity index is 1.18. The SMILES string of the molecule is C=C(CNC(=O)CS)NCC(=O)NCC(=O)CCCCCCCOc1ccc(C(=O)c2ccc3n2CCC3)cc1. The molecule has 0 saturated heterocycles. The Morgan fingerprint density at radius 1 is 0.850 bits per heavy atom. The van der Waals surface area contributed by atoms with E-state index in [-0.39, 0.29) is 48.8 Å². The number of ketones is 2. The molecule has 216 valence electrons. The molecule has 0 fully saturated rings. The topological polar surface area (TPSA) is 119 Å². The van der Waals surface area contributed by atoms with Gasteiger partial charge in [0, 0.05) is 29.9 Å². The highest BCUT2D eigenvalue weighted by atomic mass is 32.1. The summed E-state index contributed by atoms with van der Waals surface area (Å²) in [5, 5.41) is 8.00. The first kappa shape index (κ1) is 31.0. The van der Waals surface area contributed by atoms with Crippen LogP contribution in [-0.4, -0.2) is 59.9 Å². The van der Waals surface area contributed by atoms with Crippen LogP contribution in [0.1, 0.15) is 66.7 Å². The molecule has 0 bridgehead atoms. The monoisotopic (exact) mass is 568 g/mol. The van der Waals surface area contributed by atoms with Crippen molar-refractivity contribution in [3.8, 4) is 5.75 Å². The number of amides is 2. The van der Waals surface area contributed by atoms with Gasteiger partial charge >= 0.3 is 0 Å². The molecular weight excluding hydrogens is 528 g/mol. The number of benzene rings is 1. The van der Waals surface area contributed by atoms with E-state index in [1.165, 1.54) is 5.69 Å². The zero-order chi connectivity index (χ0) is 28.7. The van der Waals surface area contributed by atoms with Gasteiger partial charge in [0.15, 0.2) is 5.78 Å². The highest BCUT2D eigenvalue weighted by Crippen LogP contribution is 2.22. The molecule has 0 unspecified atom stereocenters. The lowest BCUT2D eigenvalue weighted by atomic mass is 10.1. The summed E-state index contributed by atoms with van der Waals surface area (Å²) in [6.45, 7) is 5.45. The Kier molecular flexibility index (Phi) is 12.8. The van der Waals surface area contributed by atoms with Crippen molar-refractivity contribution in [3.05, 3.63) is 65.6 Å². The lowest BCUT2D eigenvalue weighted by Crippen LogP contribution is -2.38. The van der Waals surface area contributed by atoms with E-state index in [9.17, 15) is 19.2 Å². The fraction of sp³-hybridized carbons (Fsp3) is 0.467.